The van der Waals surface area contributed by atoms with E-state index in [9.17, 15) is 4.79 Å². The van der Waals surface area contributed by atoms with Crippen molar-refractivity contribution >= 4 is 11.6 Å². The van der Waals surface area contributed by atoms with Crippen LogP contribution in [0.2, 0.25) is 0 Å². The molecule has 1 aromatic carbocycles. The molecule has 4 N–H and O–H groups in total. The molecule has 2 fully saturated rings. The van der Waals surface area contributed by atoms with Gasteiger partial charge in [0.2, 0.25) is 5.91 Å². The summed E-state index contributed by atoms with van der Waals surface area (Å²) < 4.78 is 5.28. The molecule has 1 aliphatic carbocycles. The maximum absolute atomic E-state index is 12.4. The third kappa shape index (κ3) is 3.05. The van der Waals surface area contributed by atoms with Crippen molar-refractivity contribution in [3.63, 3.8) is 0 Å². The van der Waals surface area contributed by atoms with Gasteiger partial charge in [-0.3, -0.25) is 9.89 Å². The quantitative estimate of drug-likeness (QED) is 0.794. The van der Waals surface area contributed by atoms with Gasteiger partial charge in [0.25, 0.3) is 0 Å². The first-order valence-corrected chi connectivity index (χ1v) is 8.35. The molecule has 4 rings (SSSR count). The van der Waals surface area contributed by atoms with Crippen LogP contribution in [0.25, 0.3) is 11.4 Å². The summed E-state index contributed by atoms with van der Waals surface area (Å²) in [6.07, 6.45) is 3.45. The number of hydrogen-bond donors (Lipinski definition) is 3. The normalized spacial score (nSPS) is 19.9. The molecule has 2 aromatic rings. The molecule has 0 unspecified atom stereocenters. The van der Waals surface area contributed by atoms with Gasteiger partial charge in [-0.15, -0.1) is 0 Å². The zero-order valence-corrected chi connectivity index (χ0v) is 13.4. The molecule has 2 heterocycles. The summed E-state index contributed by atoms with van der Waals surface area (Å²) in [5.74, 6) is 2.04. The van der Waals surface area contributed by atoms with Crippen LogP contribution in [0, 0.1) is 0 Å². The van der Waals surface area contributed by atoms with Crippen LogP contribution in [-0.2, 0) is 9.53 Å². The first-order chi connectivity index (χ1) is 11.6. The van der Waals surface area contributed by atoms with Crippen molar-refractivity contribution < 1.29 is 9.53 Å². The van der Waals surface area contributed by atoms with Crippen LogP contribution >= 0.6 is 0 Å². The Bertz CT molecular complexity index is 730. The number of ether oxygens (including phenoxy) is 1. The molecule has 1 saturated heterocycles. The molecule has 2 aliphatic rings. The van der Waals surface area contributed by atoms with Gasteiger partial charge in [-0.05, 0) is 49.9 Å². The van der Waals surface area contributed by atoms with Crippen molar-refractivity contribution in [1.29, 1.82) is 0 Å². The first-order valence-electron chi connectivity index (χ1n) is 8.35. The largest absolute Gasteiger partial charge is 0.381 e. The van der Waals surface area contributed by atoms with Crippen molar-refractivity contribution in [3.05, 3.63) is 30.1 Å². The predicted molar refractivity (Wildman–Crippen MR) is 89.4 cm³/mol. The van der Waals surface area contributed by atoms with Gasteiger partial charge >= 0.3 is 0 Å². The number of nitrogens with zero attached hydrogens (tertiary/aromatic N) is 2. The minimum atomic E-state index is -0.847. The number of benzene rings is 1. The van der Waals surface area contributed by atoms with Gasteiger partial charge in [0, 0.05) is 30.4 Å². The second-order valence-electron chi connectivity index (χ2n) is 6.62. The Morgan fingerprint density at radius 1 is 1.25 bits per heavy atom. The maximum Gasteiger partial charge on any atom is 0.244 e. The highest BCUT2D eigenvalue weighted by molar-refractivity contribution is 5.98. The number of rotatable bonds is 4. The van der Waals surface area contributed by atoms with Gasteiger partial charge in [-0.1, -0.05) is 0 Å². The highest BCUT2D eigenvalue weighted by Crippen LogP contribution is 2.38. The van der Waals surface area contributed by atoms with Crippen LogP contribution in [0.15, 0.2) is 24.3 Å². The number of aromatic nitrogens is 3. The van der Waals surface area contributed by atoms with Gasteiger partial charge < -0.3 is 15.8 Å². The molecule has 126 valence electrons. The summed E-state index contributed by atoms with van der Waals surface area (Å²) in [5.41, 5.74) is 6.99. The molecule has 7 heteroatoms. The number of amides is 1. The van der Waals surface area contributed by atoms with Crippen LogP contribution in [0.3, 0.4) is 0 Å². The monoisotopic (exact) mass is 327 g/mol. The number of hydrogen-bond acceptors (Lipinski definition) is 5. The fourth-order valence-electron chi connectivity index (χ4n) is 2.86. The second kappa shape index (κ2) is 5.99. The highest BCUT2D eigenvalue weighted by atomic mass is 16.5. The molecule has 0 atom stereocenters. The van der Waals surface area contributed by atoms with E-state index >= 15 is 0 Å². The van der Waals surface area contributed by atoms with E-state index < -0.39 is 5.54 Å². The van der Waals surface area contributed by atoms with Gasteiger partial charge in [0.05, 0.1) is 0 Å². The zero-order valence-electron chi connectivity index (χ0n) is 13.4. The Hall–Kier alpha value is -2.25. The summed E-state index contributed by atoms with van der Waals surface area (Å²) in [5, 5.41) is 10.2. The van der Waals surface area contributed by atoms with Gasteiger partial charge in [-0.2, -0.15) is 5.10 Å². The zero-order chi connectivity index (χ0) is 16.6. The van der Waals surface area contributed by atoms with Crippen LogP contribution in [0.1, 0.15) is 37.4 Å². The standard InChI is InChI=1S/C17H21N5O2/c18-17(7-9-24-10-8-17)16(23)19-13-5-3-12(4-6-13)15-20-14(21-22-15)11-1-2-11/h3-6,11H,1-2,7-10,18H2,(H,19,23)(H,20,21,22). The van der Waals surface area contributed by atoms with Crippen molar-refractivity contribution in [2.75, 3.05) is 18.5 Å². The van der Waals surface area contributed by atoms with Crippen molar-refractivity contribution in [3.8, 4) is 11.4 Å². The molecule has 1 amide bonds. The molecular weight excluding hydrogens is 306 g/mol. The number of aromatic amines is 1. The smallest absolute Gasteiger partial charge is 0.244 e. The van der Waals surface area contributed by atoms with Crippen LogP contribution in [0.5, 0.6) is 0 Å². The third-order valence-electron chi connectivity index (χ3n) is 4.70. The lowest BCUT2D eigenvalue weighted by Gasteiger charge is -2.31. The van der Waals surface area contributed by atoms with Crippen LogP contribution < -0.4 is 11.1 Å². The van der Waals surface area contributed by atoms with E-state index in [0.29, 0.717) is 37.8 Å². The topological polar surface area (TPSA) is 106 Å². The first kappa shape index (κ1) is 15.3. The molecule has 0 radical (unpaired) electrons. The number of nitrogens with one attached hydrogen (secondary N) is 2. The molecular formula is C17H21N5O2. The Morgan fingerprint density at radius 3 is 2.62 bits per heavy atom. The molecule has 1 saturated carbocycles. The SMILES string of the molecule is NC1(C(=O)Nc2ccc(-c3n[nH]c(C4CC4)n3)cc2)CCOCC1. The van der Waals surface area contributed by atoms with E-state index in [-0.39, 0.29) is 5.91 Å². The van der Waals surface area contributed by atoms with Gasteiger partial charge in [0.1, 0.15) is 11.4 Å². The second-order valence-corrected chi connectivity index (χ2v) is 6.62. The lowest BCUT2D eigenvalue weighted by Crippen LogP contribution is -2.54. The fraction of sp³-hybridized carbons (Fsp3) is 0.471. The fourth-order valence-corrected chi connectivity index (χ4v) is 2.86. The van der Waals surface area contributed by atoms with E-state index in [1.165, 1.54) is 12.8 Å². The lowest BCUT2D eigenvalue weighted by molar-refractivity contribution is -0.124. The number of carbonyl (C=O) groups excluding carboxylic acids is 1. The number of nitrogens with two attached hydrogens (primary N) is 1. The molecule has 1 aliphatic heterocycles. The Kier molecular flexibility index (Phi) is 3.82. The van der Waals surface area contributed by atoms with Gasteiger partial charge in [0.15, 0.2) is 5.82 Å². The Labute approximate surface area is 140 Å². The predicted octanol–water partition coefficient (Wildman–Crippen LogP) is 1.80. The van der Waals surface area contributed by atoms with E-state index in [1.54, 1.807) is 0 Å². The maximum atomic E-state index is 12.4. The number of H-pyrrole nitrogens is 1. The lowest BCUT2D eigenvalue weighted by atomic mass is 9.90. The van der Waals surface area contributed by atoms with E-state index in [1.807, 2.05) is 24.3 Å². The van der Waals surface area contributed by atoms with Crippen molar-refractivity contribution in [2.45, 2.75) is 37.1 Å². The molecule has 1 aromatic heterocycles. The summed E-state index contributed by atoms with van der Waals surface area (Å²) in [6.45, 7) is 1.05. The third-order valence-corrected chi connectivity index (χ3v) is 4.70. The van der Waals surface area contributed by atoms with Crippen LogP contribution in [0.4, 0.5) is 5.69 Å². The van der Waals surface area contributed by atoms with E-state index in [0.717, 1.165) is 17.1 Å². The molecule has 7 nitrogen and oxygen atoms in total. The molecule has 0 bridgehead atoms. The van der Waals surface area contributed by atoms with Crippen molar-refractivity contribution in [1.82, 2.24) is 15.2 Å². The minimum Gasteiger partial charge on any atom is -0.381 e. The summed E-state index contributed by atoms with van der Waals surface area (Å²) >= 11 is 0. The average Bonchev–Trinajstić information content (AvgIpc) is 3.33. The summed E-state index contributed by atoms with van der Waals surface area (Å²) in [7, 11) is 0. The van der Waals surface area contributed by atoms with Gasteiger partial charge in [-0.25, -0.2) is 4.98 Å². The highest BCUT2D eigenvalue weighted by Gasteiger charge is 2.35. The number of carbonyl (C=O) groups is 1. The van der Waals surface area contributed by atoms with E-state index in [4.69, 9.17) is 10.5 Å². The number of anilines is 1. The van der Waals surface area contributed by atoms with Crippen molar-refractivity contribution in [2.24, 2.45) is 5.73 Å². The molecule has 24 heavy (non-hydrogen) atoms. The van der Waals surface area contributed by atoms with Crippen LogP contribution in [-0.4, -0.2) is 39.8 Å². The summed E-state index contributed by atoms with van der Waals surface area (Å²) in [4.78, 5) is 16.9. The average molecular weight is 327 g/mol. The Balaban J connectivity index is 1.44. The summed E-state index contributed by atoms with van der Waals surface area (Å²) in [6, 6.07) is 7.51. The molecule has 0 spiro atoms. The minimum absolute atomic E-state index is 0.160. The Morgan fingerprint density at radius 2 is 1.96 bits per heavy atom. The van der Waals surface area contributed by atoms with E-state index in [2.05, 4.69) is 20.5 Å².